The number of aryl methyl sites for hydroxylation is 1. The highest BCUT2D eigenvalue weighted by Gasteiger charge is 2.11. The third-order valence-electron chi connectivity index (χ3n) is 3.54. The van der Waals surface area contributed by atoms with Crippen molar-refractivity contribution in [2.24, 2.45) is 5.73 Å². The van der Waals surface area contributed by atoms with Gasteiger partial charge >= 0.3 is 11.9 Å². The van der Waals surface area contributed by atoms with Gasteiger partial charge in [0.2, 0.25) is 5.91 Å². The minimum atomic E-state index is -1.02. The van der Waals surface area contributed by atoms with Crippen molar-refractivity contribution in [1.82, 2.24) is 5.32 Å². The predicted molar refractivity (Wildman–Crippen MR) is 101 cm³/mol. The molecule has 0 bridgehead atoms. The Bertz CT molecular complexity index is 720. The van der Waals surface area contributed by atoms with Crippen LogP contribution >= 0.6 is 0 Å². The number of nitrogens with one attached hydrogen (secondary N) is 1. The van der Waals surface area contributed by atoms with E-state index in [-0.39, 0.29) is 12.5 Å². The maximum atomic E-state index is 11.1. The Hall–Kier alpha value is -3.19. The van der Waals surface area contributed by atoms with Crippen LogP contribution in [0.5, 0.6) is 0 Å². The molecule has 0 fully saturated rings. The highest BCUT2D eigenvalue weighted by molar-refractivity contribution is 5.81. The predicted octanol–water partition coefficient (Wildman–Crippen LogP) is 1.46. The summed E-state index contributed by atoms with van der Waals surface area (Å²) in [7, 11) is 0. The lowest BCUT2D eigenvalue weighted by atomic mass is 10.1. The normalized spacial score (nSPS) is 10.9. The highest BCUT2D eigenvalue weighted by Crippen LogP contribution is 2.02. The van der Waals surface area contributed by atoms with Crippen molar-refractivity contribution < 1.29 is 24.6 Å². The molecule has 1 atom stereocenters. The average molecular weight is 372 g/mol. The monoisotopic (exact) mass is 372 g/mol. The lowest BCUT2D eigenvalue weighted by molar-refractivity contribution is -0.138. The molecule has 0 radical (unpaired) electrons. The van der Waals surface area contributed by atoms with Gasteiger partial charge in [0.25, 0.3) is 0 Å². The maximum absolute atomic E-state index is 11.1. The third kappa shape index (κ3) is 10.4. The van der Waals surface area contributed by atoms with Crippen molar-refractivity contribution in [3.05, 3.63) is 71.8 Å². The molecular formula is C20H24N2O5. The lowest BCUT2D eigenvalue weighted by Gasteiger charge is -2.04. The van der Waals surface area contributed by atoms with Gasteiger partial charge in [-0.1, -0.05) is 60.7 Å². The molecule has 5 N–H and O–H groups in total. The number of hydrogen-bond donors (Lipinski definition) is 4. The van der Waals surface area contributed by atoms with Crippen LogP contribution < -0.4 is 11.1 Å². The van der Waals surface area contributed by atoms with Crippen molar-refractivity contribution in [2.75, 3.05) is 6.54 Å². The van der Waals surface area contributed by atoms with Gasteiger partial charge in [-0.05, 0) is 24.0 Å². The Balaban J connectivity index is 0.000000277. The Morgan fingerprint density at radius 2 is 1.41 bits per heavy atom. The van der Waals surface area contributed by atoms with Crippen molar-refractivity contribution in [2.45, 2.75) is 25.3 Å². The molecule has 0 saturated heterocycles. The van der Waals surface area contributed by atoms with E-state index in [1.54, 1.807) is 0 Å². The molecule has 0 aromatic heterocycles. The first-order valence-corrected chi connectivity index (χ1v) is 8.43. The van der Waals surface area contributed by atoms with E-state index in [0.29, 0.717) is 19.3 Å². The van der Waals surface area contributed by atoms with E-state index < -0.39 is 18.0 Å². The van der Waals surface area contributed by atoms with Crippen molar-refractivity contribution in [1.29, 1.82) is 0 Å². The van der Waals surface area contributed by atoms with E-state index in [0.717, 1.165) is 11.1 Å². The van der Waals surface area contributed by atoms with Crippen molar-refractivity contribution in [3.63, 3.8) is 0 Å². The van der Waals surface area contributed by atoms with Gasteiger partial charge in [0.1, 0.15) is 12.6 Å². The van der Waals surface area contributed by atoms with Crippen molar-refractivity contribution in [3.8, 4) is 0 Å². The largest absolute Gasteiger partial charge is 0.480 e. The van der Waals surface area contributed by atoms with Crippen LogP contribution in [0.15, 0.2) is 60.7 Å². The summed E-state index contributed by atoms with van der Waals surface area (Å²) in [5, 5.41) is 19.2. The molecule has 0 aliphatic rings. The quantitative estimate of drug-likeness (QED) is 0.555. The van der Waals surface area contributed by atoms with Gasteiger partial charge in [-0.25, -0.2) is 0 Å². The summed E-state index contributed by atoms with van der Waals surface area (Å²) < 4.78 is 0. The molecule has 0 heterocycles. The molecule has 0 aliphatic carbocycles. The van der Waals surface area contributed by atoms with E-state index in [9.17, 15) is 14.4 Å². The van der Waals surface area contributed by atoms with Gasteiger partial charge in [0.05, 0.1) is 0 Å². The third-order valence-corrected chi connectivity index (χ3v) is 3.54. The lowest BCUT2D eigenvalue weighted by Crippen LogP contribution is -2.32. The molecule has 2 aromatic rings. The molecule has 2 aromatic carbocycles. The number of nitrogens with two attached hydrogens (primary N) is 1. The highest BCUT2D eigenvalue weighted by atomic mass is 16.4. The van der Waals surface area contributed by atoms with Gasteiger partial charge in [-0.2, -0.15) is 0 Å². The summed E-state index contributed by atoms with van der Waals surface area (Å²) in [5.41, 5.74) is 7.37. The van der Waals surface area contributed by atoms with Crippen LogP contribution in [0.1, 0.15) is 17.5 Å². The second-order valence-electron chi connectivity index (χ2n) is 5.79. The number of carbonyl (C=O) groups is 3. The Kier molecular flexibility index (Phi) is 9.88. The van der Waals surface area contributed by atoms with E-state index in [4.69, 9.17) is 15.9 Å². The second-order valence-corrected chi connectivity index (χ2v) is 5.79. The van der Waals surface area contributed by atoms with Crippen molar-refractivity contribution >= 4 is 17.8 Å². The van der Waals surface area contributed by atoms with Crippen LogP contribution in [0.25, 0.3) is 0 Å². The minimum absolute atomic E-state index is 0.235. The summed E-state index contributed by atoms with van der Waals surface area (Å²) in [6.07, 6.45) is 1.33. The second kappa shape index (κ2) is 12.2. The fourth-order valence-electron chi connectivity index (χ4n) is 2.12. The smallest absolute Gasteiger partial charge is 0.322 e. The van der Waals surface area contributed by atoms with Gasteiger partial charge in [-0.15, -0.1) is 0 Å². The first kappa shape index (κ1) is 21.9. The number of rotatable bonds is 8. The number of amides is 1. The molecule has 1 amide bonds. The SMILES string of the molecule is N[C@@H](Cc1ccccc1)C(=O)O.O=C(O)CNC(=O)CCc1ccccc1. The first-order valence-electron chi connectivity index (χ1n) is 8.43. The van der Waals surface area contributed by atoms with E-state index in [2.05, 4.69) is 5.32 Å². The van der Waals surface area contributed by atoms with Gasteiger partial charge in [-0.3, -0.25) is 14.4 Å². The summed E-state index contributed by atoms with van der Waals surface area (Å²) in [6, 6.07) is 18.1. The summed E-state index contributed by atoms with van der Waals surface area (Å²) in [5.74, 6) is -2.22. The van der Waals surface area contributed by atoms with Crippen LogP contribution in [0, 0.1) is 0 Å². The van der Waals surface area contributed by atoms with Crippen LogP contribution in [-0.2, 0) is 27.2 Å². The maximum Gasteiger partial charge on any atom is 0.322 e. The van der Waals surface area contributed by atoms with E-state index in [1.165, 1.54) is 0 Å². The zero-order valence-electron chi connectivity index (χ0n) is 14.9. The average Bonchev–Trinajstić information content (AvgIpc) is 2.66. The van der Waals surface area contributed by atoms with Crippen LogP contribution in [0.4, 0.5) is 0 Å². The minimum Gasteiger partial charge on any atom is -0.480 e. The Morgan fingerprint density at radius 1 is 0.889 bits per heavy atom. The molecule has 0 unspecified atom stereocenters. The zero-order chi connectivity index (χ0) is 20.1. The molecule has 144 valence electrons. The number of carboxylic acids is 2. The summed E-state index contributed by atoms with van der Waals surface area (Å²) in [6.45, 7) is -0.312. The number of carbonyl (C=O) groups excluding carboxylic acids is 1. The van der Waals surface area contributed by atoms with Crippen LogP contribution in [0.3, 0.4) is 0 Å². The van der Waals surface area contributed by atoms with E-state index >= 15 is 0 Å². The summed E-state index contributed by atoms with van der Waals surface area (Å²) in [4.78, 5) is 31.7. The molecule has 7 nitrogen and oxygen atoms in total. The molecule has 0 spiro atoms. The Morgan fingerprint density at radius 3 is 1.89 bits per heavy atom. The Labute approximate surface area is 157 Å². The standard InChI is InChI=1S/C11H13NO3.C9H11NO2/c13-10(12-8-11(14)15)7-6-9-4-2-1-3-5-9;10-8(9(11)12)6-7-4-2-1-3-5-7/h1-5H,6-8H2,(H,12,13)(H,14,15);1-5,8H,6,10H2,(H,11,12)/t;8-/m.0/s1. The number of aliphatic carboxylic acids is 2. The summed E-state index contributed by atoms with van der Waals surface area (Å²) >= 11 is 0. The van der Waals surface area contributed by atoms with Crippen LogP contribution in [-0.4, -0.2) is 40.6 Å². The number of benzene rings is 2. The van der Waals surface area contributed by atoms with Gasteiger partial charge in [0.15, 0.2) is 0 Å². The van der Waals surface area contributed by atoms with Gasteiger partial charge in [0, 0.05) is 6.42 Å². The van der Waals surface area contributed by atoms with E-state index in [1.807, 2.05) is 60.7 Å². The zero-order valence-corrected chi connectivity index (χ0v) is 14.9. The number of hydrogen-bond acceptors (Lipinski definition) is 4. The number of carboxylic acid groups (broad SMARTS) is 2. The topological polar surface area (TPSA) is 130 Å². The molecule has 0 aliphatic heterocycles. The van der Waals surface area contributed by atoms with Crippen LogP contribution in [0.2, 0.25) is 0 Å². The molecule has 7 heteroatoms. The fraction of sp³-hybridized carbons (Fsp3) is 0.250. The molecule has 0 saturated carbocycles. The molecule has 27 heavy (non-hydrogen) atoms. The molecule has 2 rings (SSSR count). The molecular weight excluding hydrogens is 348 g/mol. The van der Waals surface area contributed by atoms with Gasteiger partial charge < -0.3 is 21.3 Å². The first-order chi connectivity index (χ1) is 12.9. The fourth-order valence-corrected chi connectivity index (χ4v) is 2.12.